The van der Waals surface area contributed by atoms with Crippen LogP contribution in [0.15, 0.2) is 34.1 Å². The van der Waals surface area contributed by atoms with Crippen LogP contribution in [0.3, 0.4) is 0 Å². The van der Waals surface area contributed by atoms with Gasteiger partial charge in [0.25, 0.3) is 8.53 Å². The molecule has 0 bridgehead atoms. The Labute approximate surface area is 540 Å². The van der Waals surface area contributed by atoms with Gasteiger partial charge in [0, 0.05) is 84.8 Å². The van der Waals surface area contributed by atoms with Gasteiger partial charge in [-0.2, -0.15) is 9.97 Å². The van der Waals surface area contributed by atoms with Gasteiger partial charge in [0.05, 0.1) is 60.8 Å². The van der Waals surface area contributed by atoms with Gasteiger partial charge in [-0.25, -0.2) is 23.0 Å². The largest absolute Gasteiger partial charge is 0.387 e. The second-order valence-corrected chi connectivity index (χ2v) is 29.4. The summed E-state index contributed by atoms with van der Waals surface area (Å²) in [7, 11) is -1.33. The van der Waals surface area contributed by atoms with E-state index in [2.05, 4.69) is 90.6 Å². The van der Waals surface area contributed by atoms with Crippen molar-refractivity contribution >= 4 is 74.7 Å². The number of hydrogen-bond donors (Lipinski definition) is 4. The molecule has 0 radical (unpaired) electrons. The number of halogens is 2. The minimum atomic E-state index is -1.71. The zero-order valence-corrected chi connectivity index (χ0v) is 60.4. The summed E-state index contributed by atoms with van der Waals surface area (Å²) < 4.78 is 76.9. The molecule has 29 heteroatoms. The second-order valence-electron chi connectivity index (χ2n) is 24.9. The summed E-state index contributed by atoms with van der Waals surface area (Å²) in [5, 5.41) is 18.1. The number of hydrogen-bond acceptors (Lipinski definition) is 21. The number of aromatic nitrogens is 4. The SMILES string of the molecule is CC(C)N(POCCOCCSC(=O)C(C)(C)C)C(C)C.CC(C)NC(C)C.CC[C@H]1O[C@@H](n2ccc(NC(C)=O)nc2=O)[C@@H](F)C1O.CC[C@H]1O[C@@H](n2ccc(NC(C)=O)nc2=O)[C@@H](F)C1OP(OCCOCCSC(=O)C(C)(C)C)N(C(C)C)C(C)C. The molecular weight excluding hydrogens is 1230 g/mol. The summed E-state index contributed by atoms with van der Waals surface area (Å²) in [6, 6.07) is 5.11. The lowest BCUT2D eigenvalue weighted by Gasteiger charge is -2.37. The molecule has 0 saturated carbocycles. The third-order valence-corrected chi connectivity index (χ3v) is 18.7. The van der Waals surface area contributed by atoms with Crippen molar-refractivity contribution in [3.63, 3.8) is 0 Å². The van der Waals surface area contributed by atoms with Gasteiger partial charge in [0.2, 0.25) is 11.8 Å². The van der Waals surface area contributed by atoms with Crippen molar-refractivity contribution in [1.82, 2.24) is 33.8 Å². The van der Waals surface area contributed by atoms with Gasteiger partial charge in [0.15, 0.2) is 35.0 Å². The molecular formula is C60H109F2N9O14P2S2. The minimum Gasteiger partial charge on any atom is -0.387 e. The van der Waals surface area contributed by atoms with E-state index in [0.717, 1.165) is 9.13 Å². The highest BCUT2D eigenvalue weighted by Gasteiger charge is 2.49. The number of thioether (sulfide) groups is 2. The molecule has 2 amide bonds. The molecule has 2 saturated heterocycles. The number of rotatable bonds is 30. The van der Waals surface area contributed by atoms with Crippen LogP contribution in [-0.2, 0) is 51.7 Å². The van der Waals surface area contributed by atoms with Gasteiger partial charge in [-0.15, -0.1) is 0 Å². The van der Waals surface area contributed by atoms with E-state index in [9.17, 15) is 38.3 Å². The number of nitrogens with zero attached hydrogens (tertiary/aromatic N) is 6. The Bertz CT molecular complexity index is 2490. The van der Waals surface area contributed by atoms with Crippen molar-refractivity contribution in [1.29, 1.82) is 0 Å². The van der Waals surface area contributed by atoms with Crippen LogP contribution < -0.4 is 27.3 Å². The van der Waals surface area contributed by atoms with E-state index in [1.807, 2.05) is 76.2 Å². The molecule has 23 nitrogen and oxygen atoms in total. The first-order valence-corrected chi connectivity index (χ1v) is 34.7. The lowest BCUT2D eigenvalue weighted by atomic mass is 9.99. The van der Waals surface area contributed by atoms with Gasteiger partial charge < -0.3 is 53.6 Å². The first-order valence-electron chi connectivity index (χ1n) is 30.7. The minimum absolute atomic E-state index is 0.0474. The Kier molecular flexibility index (Phi) is 40.0. The second kappa shape index (κ2) is 42.4. The van der Waals surface area contributed by atoms with Crippen molar-refractivity contribution in [3.05, 3.63) is 45.5 Å². The van der Waals surface area contributed by atoms with Crippen molar-refractivity contribution in [3.8, 4) is 0 Å². The molecule has 2 aliphatic rings. The summed E-state index contributed by atoms with van der Waals surface area (Å²) in [4.78, 5) is 77.8. The van der Waals surface area contributed by atoms with Crippen LogP contribution in [0.2, 0.25) is 0 Å². The number of alkyl halides is 2. The van der Waals surface area contributed by atoms with E-state index in [-0.39, 0.29) is 64.4 Å². The maximum absolute atomic E-state index is 15.9. The Morgan fingerprint density at radius 3 is 1.43 bits per heavy atom. The molecule has 0 aliphatic carbocycles. The number of amides is 2. The third-order valence-electron chi connectivity index (χ3n) is 12.5. The molecule has 514 valence electrons. The standard InChI is InChI=1S/C27H46FN4O7PS.C15H32NO3PS.C12H16FN3O4.C6H15N/c1-10-20-23(22(28)24(38-20)31-12-11-21(29-19(6)33)30-26(31)35)39-40(32(17(2)3)18(4)5)37-14-13-36-15-16-41-25(34)27(7,8)9;1-12(2)16(13(3)4)20-19-9-8-18-10-11-21-14(17)15(5,6)7;1-3-7-10(18)9(13)11(20-7)16-5-4-8(14-6(2)17)15-12(16)19;1-5(2)7-6(3)4/h11-12,17-18,20,22-24H,10,13-16H2,1-9H3,(H,29,30,33,35);12-13,20H,8-11H2,1-7H3;4-5,7,9-11,18H,3H2,1-2H3,(H,14,15,17,19);5-7H,1-4H3/t20-,22+,23?,24-,40?;;7-,9+,10?,11-;/m1.1./s1. The van der Waals surface area contributed by atoms with Gasteiger partial charge in [0.1, 0.15) is 23.8 Å². The summed E-state index contributed by atoms with van der Waals surface area (Å²) in [6.45, 7) is 45.7. The molecule has 2 aliphatic heterocycles. The first-order chi connectivity index (χ1) is 41.4. The molecule has 2 aromatic rings. The predicted octanol–water partition coefficient (Wildman–Crippen LogP) is 10.5. The maximum Gasteiger partial charge on any atom is 0.351 e. The monoisotopic (exact) mass is 1340 g/mol. The fraction of sp³-hybridized carbons (Fsp3) is 0.800. The van der Waals surface area contributed by atoms with Crippen LogP contribution in [0.1, 0.15) is 178 Å². The van der Waals surface area contributed by atoms with Crippen molar-refractivity contribution < 1.29 is 65.6 Å². The molecule has 4 heterocycles. The Morgan fingerprint density at radius 1 is 0.663 bits per heavy atom. The van der Waals surface area contributed by atoms with E-state index in [1.54, 1.807) is 6.92 Å². The van der Waals surface area contributed by atoms with Crippen LogP contribution in [-0.4, -0.2) is 180 Å². The average Bonchev–Trinajstić information content (AvgIpc) is 2.30. The third kappa shape index (κ3) is 31.7. The van der Waals surface area contributed by atoms with Crippen LogP contribution in [0.5, 0.6) is 0 Å². The Hall–Kier alpha value is -2.98. The van der Waals surface area contributed by atoms with Crippen LogP contribution >= 0.6 is 41.0 Å². The smallest absolute Gasteiger partial charge is 0.351 e. The van der Waals surface area contributed by atoms with Gasteiger partial charge >= 0.3 is 11.4 Å². The first kappa shape index (κ1) is 84.0. The summed E-state index contributed by atoms with van der Waals surface area (Å²) >= 11 is 2.60. The molecule has 2 fully saturated rings. The number of carbonyl (C=O) groups is 4. The lowest BCUT2D eigenvalue weighted by Crippen LogP contribution is -2.38. The van der Waals surface area contributed by atoms with Crippen LogP contribution in [0.4, 0.5) is 20.4 Å². The summed E-state index contributed by atoms with van der Waals surface area (Å²) in [6.07, 6.45) is -5.84. The highest BCUT2D eigenvalue weighted by atomic mass is 32.2. The van der Waals surface area contributed by atoms with E-state index < -0.39 is 74.5 Å². The number of anilines is 2. The lowest BCUT2D eigenvalue weighted by molar-refractivity contribution is -0.118. The molecule has 0 spiro atoms. The number of carbonyl (C=O) groups excluding carboxylic acids is 4. The Balaban J connectivity index is 0.000000688. The van der Waals surface area contributed by atoms with Crippen molar-refractivity contribution in [2.45, 2.75) is 251 Å². The van der Waals surface area contributed by atoms with Gasteiger partial charge in [-0.05, 0) is 80.4 Å². The number of aliphatic hydroxyl groups is 1. The normalized spacial score (nSPS) is 20.8. The van der Waals surface area contributed by atoms with Crippen molar-refractivity contribution in [2.75, 3.05) is 61.8 Å². The summed E-state index contributed by atoms with van der Waals surface area (Å²) in [5.41, 5.74) is -2.17. The summed E-state index contributed by atoms with van der Waals surface area (Å²) in [5.74, 6) is 0.686. The van der Waals surface area contributed by atoms with E-state index >= 15 is 4.39 Å². The number of ether oxygens (including phenoxy) is 4. The van der Waals surface area contributed by atoms with E-state index in [0.29, 0.717) is 83.9 Å². The molecule has 4 rings (SSSR count). The molecule has 89 heavy (non-hydrogen) atoms. The highest BCUT2D eigenvalue weighted by Crippen LogP contribution is 2.51. The quantitative estimate of drug-likeness (QED) is 0.0418. The molecule has 4 N–H and O–H groups in total. The zero-order valence-electron chi connectivity index (χ0n) is 56.9. The van der Waals surface area contributed by atoms with Gasteiger partial charge in [-0.1, -0.05) is 107 Å². The van der Waals surface area contributed by atoms with E-state index in [4.69, 9.17) is 32.5 Å². The fourth-order valence-corrected chi connectivity index (χ4v) is 12.6. The van der Waals surface area contributed by atoms with Crippen LogP contribution in [0.25, 0.3) is 0 Å². The van der Waals surface area contributed by atoms with Crippen molar-refractivity contribution in [2.24, 2.45) is 10.8 Å². The topological polar surface area (TPSA) is 265 Å². The zero-order chi connectivity index (χ0) is 68.1. The van der Waals surface area contributed by atoms with E-state index in [1.165, 1.54) is 61.9 Å². The average molecular weight is 1340 g/mol. The maximum atomic E-state index is 15.9. The predicted molar refractivity (Wildman–Crippen MR) is 355 cm³/mol. The number of nitrogens with one attached hydrogen (secondary N) is 3. The molecule has 0 aromatic carbocycles. The molecule has 4 unspecified atom stereocenters. The van der Waals surface area contributed by atoms with Crippen LogP contribution in [0, 0.1) is 10.8 Å². The molecule has 2 aromatic heterocycles. The Morgan fingerprint density at radius 2 is 1.08 bits per heavy atom. The molecule has 10 atom stereocenters. The fourth-order valence-electron chi connectivity index (χ4n) is 8.47. The number of aliphatic hydroxyl groups excluding tert-OH is 1. The highest BCUT2D eigenvalue weighted by molar-refractivity contribution is 8.14. The van der Waals surface area contributed by atoms with Gasteiger partial charge in [-0.3, -0.25) is 33.0 Å².